The molecule has 3 heterocycles. The molecule has 1 aromatic heterocycles. The molecule has 2 aliphatic rings. The van der Waals surface area contributed by atoms with Crippen molar-refractivity contribution in [1.82, 2.24) is 9.88 Å². The topological polar surface area (TPSA) is 62.4 Å². The van der Waals surface area contributed by atoms with Crippen molar-refractivity contribution in [3.63, 3.8) is 0 Å². The van der Waals surface area contributed by atoms with Crippen LogP contribution in [0.25, 0.3) is 10.9 Å². The number of hydrogen-bond acceptors (Lipinski definition) is 3. The largest absolute Gasteiger partial charge is 0.454 e. The molecule has 0 saturated heterocycles. The molecule has 33 heavy (non-hydrogen) atoms. The van der Waals surface area contributed by atoms with Gasteiger partial charge in [-0.05, 0) is 47.5 Å². The minimum atomic E-state index is -0.368. The van der Waals surface area contributed by atoms with E-state index in [1.807, 2.05) is 36.4 Å². The first-order valence-electron chi connectivity index (χ1n) is 11.0. The number of benzene rings is 3. The Hall–Kier alpha value is -3.93. The van der Waals surface area contributed by atoms with E-state index in [1.54, 1.807) is 23.1 Å². The maximum atomic E-state index is 13.8. The fourth-order valence-electron chi connectivity index (χ4n) is 4.92. The maximum absolute atomic E-state index is 13.8. The Bertz CT molecular complexity index is 1410. The monoisotopic (exact) mass is 440 g/mol. The zero-order valence-corrected chi connectivity index (χ0v) is 17.8. The SMILES string of the molecule is O=C1OC(c2ccccc2)Cc2cc(C(=O)N3CCc4[nH]c5ccc(F)cc5c4C3)ccc21. The lowest BCUT2D eigenvalue weighted by molar-refractivity contribution is 0.0252. The molecule has 0 saturated carbocycles. The molecule has 6 rings (SSSR count). The first kappa shape index (κ1) is 19.7. The van der Waals surface area contributed by atoms with Crippen molar-refractivity contribution in [2.24, 2.45) is 0 Å². The summed E-state index contributed by atoms with van der Waals surface area (Å²) < 4.78 is 19.4. The van der Waals surface area contributed by atoms with E-state index in [-0.39, 0.29) is 23.8 Å². The number of cyclic esters (lactones) is 1. The first-order valence-corrected chi connectivity index (χ1v) is 11.0. The van der Waals surface area contributed by atoms with Gasteiger partial charge < -0.3 is 14.6 Å². The summed E-state index contributed by atoms with van der Waals surface area (Å²) in [7, 11) is 0. The number of fused-ring (bicyclic) bond motifs is 4. The van der Waals surface area contributed by atoms with E-state index in [0.29, 0.717) is 37.1 Å². The summed E-state index contributed by atoms with van der Waals surface area (Å²) in [6, 6.07) is 19.5. The highest BCUT2D eigenvalue weighted by molar-refractivity contribution is 5.98. The van der Waals surface area contributed by atoms with Crippen molar-refractivity contribution in [3.05, 3.63) is 106 Å². The molecule has 164 valence electrons. The number of ether oxygens (including phenoxy) is 1. The normalized spacial score (nSPS) is 17.4. The molecule has 1 N–H and O–H groups in total. The highest BCUT2D eigenvalue weighted by Gasteiger charge is 2.30. The van der Waals surface area contributed by atoms with E-state index in [0.717, 1.165) is 33.3 Å². The van der Waals surface area contributed by atoms with Gasteiger partial charge >= 0.3 is 5.97 Å². The van der Waals surface area contributed by atoms with Crippen LogP contribution in [-0.2, 0) is 24.1 Å². The molecule has 1 amide bonds. The molecule has 6 heteroatoms. The van der Waals surface area contributed by atoms with E-state index in [9.17, 15) is 14.0 Å². The van der Waals surface area contributed by atoms with E-state index in [4.69, 9.17) is 4.74 Å². The average molecular weight is 440 g/mol. The lowest BCUT2D eigenvalue weighted by atomic mass is 9.92. The summed E-state index contributed by atoms with van der Waals surface area (Å²) in [5.74, 6) is -0.751. The number of nitrogens with zero attached hydrogens (tertiary/aromatic N) is 1. The van der Waals surface area contributed by atoms with E-state index >= 15 is 0 Å². The van der Waals surface area contributed by atoms with Gasteiger partial charge in [0.1, 0.15) is 11.9 Å². The zero-order chi connectivity index (χ0) is 22.5. The van der Waals surface area contributed by atoms with Crippen LogP contribution in [-0.4, -0.2) is 28.3 Å². The highest BCUT2D eigenvalue weighted by Crippen LogP contribution is 2.32. The molecule has 4 aromatic rings. The highest BCUT2D eigenvalue weighted by atomic mass is 19.1. The van der Waals surface area contributed by atoms with Crippen molar-refractivity contribution in [1.29, 1.82) is 0 Å². The van der Waals surface area contributed by atoms with Gasteiger partial charge in [-0.3, -0.25) is 4.79 Å². The molecule has 1 atom stereocenters. The molecule has 5 nitrogen and oxygen atoms in total. The van der Waals surface area contributed by atoms with Crippen LogP contribution < -0.4 is 0 Å². The number of rotatable bonds is 2. The Balaban J connectivity index is 1.29. The smallest absolute Gasteiger partial charge is 0.339 e. The van der Waals surface area contributed by atoms with Gasteiger partial charge in [0.15, 0.2) is 0 Å². The summed E-state index contributed by atoms with van der Waals surface area (Å²) in [5, 5.41) is 0.821. The van der Waals surface area contributed by atoms with Crippen LogP contribution in [0.4, 0.5) is 4.39 Å². The van der Waals surface area contributed by atoms with Crippen LogP contribution in [0.1, 0.15) is 49.2 Å². The predicted octanol–water partition coefficient (Wildman–Crippen LogP) is 4.96. The molecule has 0 fully saturated rings. The molecule has 0 radical (unpaired) electrons. The summed E-state index contributed by atoms with van der Waals surface area (Å²) in [5.41, 5.74) is 5.71. The van der Waals surface area contributed by atoms with Crippen molar-refractivity contribution >= 4 is 22.8 Å². The Morgan fingerprint density at radius 3 is 2.76 bits per heavy atom. The summed E-state index contributed by atoms with van der Waals surface area (Å²) in [6.07, 6.45) is 0.846. The summed E-state index contributed by atoms with van der Waals surface area (Å²) in [4.78, 5) is 31.1. The maximum Gasteiger partial charge on any atom is 0.339 e. The fourth-order valence-corrected chi connectivity index (χ4v) is 4.92. The number of carbonyl (C=O) groups excluding carboxylic acids is 2. The van der Waals surface area contributed by atoms with Gasteiger partial charge in [-0.2, -0.15) is 0 Å². The fraction of sp³-hybridized carbons (Fsp3) is 0.185. The number of amides is 1. The van der Waals surface area contributed by atoms with Crippen molar-refractivity contribution < 1.29 is 18.7 Å². The summed E-state index contributed by atoms with van der Waals surface area (Å²) >= 11 is 0. The van der Waals surface area contributed by atoms with Crippen LogP contribution >= 0.6 is 0 Å². The van der Waals surface area contributed by atoms with E-state index in [1.165, 1.54) is 12.1 Å². The Labute approximate surface area is 189 Å². The summed E-state index contributed by atoms with van der Waals surface area (Å²) in [6.45, 7) is 0.996. The van der Waals surface area contributed by atoms with Gasteiger partial charge in [-0.25, -0.2) is 9.18 Å². The molecular formula is C27H21FN2O3. The molecule has 0 spiro atoms. The van der Waals surface area contributed by atoms with Gasteiger partial charge in [0.2, 0.25) is 0 Å². The Morgan fingerprint density at radius 1 is 1.06 bits per heavy atom. The van der Waals surface area contributed by atoms with Gasteiger partial charge in [-0.1, -0.05) is 30.3 Å². The second-order valence-electron chi connectivity index (χ2n) is 8.63. The number of H-pyrrole nitrogens is 1. The van der Waals surface area contributed by atoms with E-state index < -0.39 is 0 Å². The van der Waals surface area contributed by atoms with E-state index in [2.05, 4.69) is 4.98 Å². The molecule has 2 aliphatic heterocycles. The van der Waals surface area contributed by atoms with Crippen LogP contribution in [0.2, 0.25) is 0 Å². The number of hydrogen-bond donors (Lipinski definition) is 1. The number of esters is 1. The number of aromatic amines is 1. The zero-order valence-electron chi connectivity index (χ0n) is 17.8. The average Bonchev–Trinajstić information content (AvgIpc) is 3.20. The van der Waals surface area contributed by atoms with Crippen molar-refractivity contribution in [2.45, 2.75) is 25.5 Å². The van der Waals surface area contributed by atoms with Crippen molar-refractivity contribution in [3.8, 4) is 0 Å². The molecule has 0 bridgehead atoms. The van der Waals surface area contributed by atoms with Crippen LogP contribution in [0.15, 0.2) is 66.7 Å². The Morgan fingerprint density at radius 2 is 1.91 bits per heavy atom. The van der Waals surface area contributed by atoms with Crippen LogP contribution in [0.5, 0.6) is 0 Å². The third kappa shape index (κ3) is 3.39. The first-order chi connectivity index (χ1) is 16.1. The Kier molecular flexibility index (Phi) is 4.54. The second-order valence-corrected chi connectivity index (χ2v) is 8.63. The minimum Gasteiger partial charge on any atom is -0.454 e. The predicted molar refractivity (Wildman–Crippen MR) is 121 cm³/mol. The van der Waals surface area contributed by atoms with Crippen molar-refractivity contribution in [2.75, 3.05) is 6.54 Å². The van der Waals surface area contributed by atoms with Gasteiger partial charge in [0.05, 0.1) is 5.56 Å². The molecule has 3 aromatic carbocycles. The number of halogens is 1. The third-order valence-electron chi connectivity index (χ3n) is 6.62. The van der Waals surface area contributed by atoms with Crippen LogP contribution in [0, 0.1) is 5.82 Å². The standard InChI is InChI=1S/C27H21FN2O3/c28-19-7-9-23-21(14-19)22-15-30(11-10-24(22)29-23)26(31)17-6-8-20-18(12-17)13-25(33-27(20)32)16-4-2-1-3-5-16/h1-9,12,14,25,29H,10-11,13,15H2. The quantitative estimate of drug-likeness (QED) is 0.448. The van der Waals surface area contributed by atoms with Gasteiger partial charge in [0.25, 0.3) is 5.91 Å². The van der Waals surface area contributed by atoms with Gasteiger partial charge in [0, 0.05) is 53.7 Å². The molecule has 0 aliphatic carbocycles. The lowest BCUT2D eigenvalue weighted by Gasteiger charge is -2.29. The second kappa shape index (κ2) is 7.59. The number of aromatic nitrogens is 1. The molecule has 1 unspecified atom stereocenters. The number of nitrogens with one attached hydrogen (secondary N) is 1. The van der Waals surface area contributed by atoms with Crippen LogP contribution in [0.3, 0.4) is 0 Å². The lowest BCUT2D eigenvalue weighted by Crippen LogP contribution is -2.36. The minimum absolute atomic E-state index is 0.0931. The molecular weight excluding hydrogens is 419 g/mol. The van der Waals surface area contributed by atoms with Gasteiger partial charge in [-0.15, -0.1) is 0 Å². The number of carbonyl (C=O) groups is 2. The third-order valence-corrected chi connectivity index (χ3v) is 6.62.